The molecule has 1 fully saturated rings. The second-order valence-electron chi connectivity index (χ2n) is 7.82. The fourth-order valence-electron chi connectivity index (χ4n) is 4.01. The second kappa shape index (κ2) is 7.74. The predicted molar refractivity (Wildman–Crippen MR) is 110 cm³/mol. The van der Waals surface area contributed by atoms with Crippen LogP contribution in [-0.2, 0) is 17.9 Å². The zero-order valence-corrected chi connectivity index (χ0v) is 16.6. The number of rotatable bonds is 5. The van der Waals surface area contributed by atoms with Crippen LogP contribution >= 0.6 is 0 Å². The maximum atomic E-state index is 12.9. The van der Waals surface area contributed by atoms with E-state index in [1.165, 1.54) is 0 Å². The Morgan fingerprint density at radius 1 is 0.933 bits per heavy atom. The highest BCUT2D eigenvalue weighted by Gasteiger charge is 2.41. The molecule has 2 aromatic carbocycles. The molecular weight excluding hydrogens is 378 g/mol. The summed E-state index contributed by atoms with van der Waals surface area (Å²) in [6, 6.07) is 19.3. The molecule has 1 aliphatic heterocycles. The number of carbonyl (C=O) groups excluding carboxylic acids is 2. The van der Waals surface area contributed by atoms with Crippen LogP contribution in [0.25, 0.3) is 0 Å². The normalized spacial score (nSPS) is 18.0. The number of amides is 2. The van der Waals surface area contributed by atoms with E-state index in [2.05, 4.69) is 15.5 Å². The summed E-state index contributed by atoms with van der Waals surface area (Å²) >= 11 is 0. The highest BCUT2D eigenvalue weighted by Crippen LogP contribution is 2.38. The van der Waals surface area contributed by atoms with Gasteiger partial charge >= 0.3 is 0 Å². The van der Waals surface area contributed by atoms with Crippen LogP contribution in [0, 0.1) is 5.92 Å². The fraction of sp³-hybridized carbons (Fsp3) is 0.304. The van der Waals surface area contributed by atoms with E-state index in [9.17, 15) is 9.59 Å². The Morgan fingerprint density at radius 2 is 1.63 bits per heavy atom. The van der Waals surface area contributed by atoms with Crippen molar-refractivity contribution >= 4 is 11.8 Å². The number of hydrogen-bond donors (Lipinski definition) is 1. The molecule has 152 valence electrons. The van der Waals surface area contributed by atoms with Gasteiger partial charge in [0.05, 0.1) is 0 Å². The number of fused-ring (bicyclic) bond motifs is 1. The Bertz CT molecular complexity index is 1060. The van der Waals surface area contributed by atoms with Crippen LogP contribution in [0.15, 0.2) is 60.7 Å². The van der Waals surface area contributed by atoms with Crippen molar-refractivity contribution in [3.63, 3.8) is 0 Å². The first-order valence-electron chi connectivity index (χ1n) is 10.3. The number of carbonyl (C=O) groups is 2. The third-order valence-corrected chi connectivity index (χ3v) is 5.72. The van der Waals surface area contributed by atoms with Gasteiger partial charge in [0.1, 0.15) is 6.04 Å². The van der Waals surface area contributed by atoms with Crippen molar-refractivity contribution < 1.29 is 9.59 Å². The van der Waals surface area contributed by atoms with Gasteiger partial charge in [-0.1, -0.05) is 60.7 Å². The van der Waals surface area contributed by atoms with Crippen LogP contribution < -0.4 is 5.32 Å². The lowest BCUT2D eigenvalue weighted by Crippen LogP contribution is -2.44. The minimum absolute atomic E-state index is 0.124. The van der Waals surface area contributed by atoms with Gasteiger partial charge in [0.25, 0.3) is 5.91 Å². The van der Waals surface area contributed by atoms with Gasteiger partial charge < -0.3 is 14.8 Å². The van der Waals surface area contributed by atoms with Gasteiger partial charge in [0, 0.05) is 25.6 Å². The van der Waals surface area contributed by atoms with E-state index in [0.717, 1.165) is 24.0 Å². The topological polar surface area (TPSA) is 80.1 Å². The summed E-state index contributed by atoms with van der Waals surface area (Å²) in [4.78, 5) is 27.7. The third-order valence-electron chi connectivity index (χ3n) is 5.72. The molecule has 7 nitrogen and oxygen atoms in total. The second-order valence-corrected chi connectivity index (χ2v) is 7.82. The van der Waals surface area contributed by atoms with E-state index >= 15 is 0 Å². The fourth-order valence-corrected chi connectivity index (χ4v) is 4.01. The molecule has 2 aliphatic rings. The van der Waals surface area contributed by atoms with Crippen LogP contribution in [0.2, 0.25) is 0 Å². The summed E-state index contributed by atoms with van der Waals surface area (Å²) < 4.78 is 1.86. The third kappa shape index (κ3) is 3.47. The van der Waals surface area contributed by atoms with E-state index in [1.54, 1.807) is 0 Å². The zero-order chi connectivity index (χ0) is 20.5. The van der Waals surface area contributed by atoms with Gasteiger partial charge in [-0.25, -0.2) is 0 Å². The molecule has 0 unspecified atom stereocenters. The van der Waals surface area contributed by atoms with E-state index in [4.69, 9.17) is 0 Å². The van der Waals surface area contributed by atoms with Crippen LogP contribution in [0.5, 0.6) is 0 Å². The summed E-state index contributed by atoms with van der Waals surface area (Å²) in [5, 5.41) is 11.5. The monoisotopic (exact) mass is 401 g/mol. The van der Waals surface area contributed by atoms with Crippen molar-refractivity contribution in [2.75, 3.05) is 6.54 Å². The molecule has 7 heteroatoms. The van der Waals surface area contributed by atoms with Crippen LogP contribution in [0.4, 0.5) is 0 Å². The minimum atomic E-state index is -0.323. The average molecular weight is 401 g/mol. The predicted octanol–water partition coefficient (Wildman–Crippen LogP) is 2.55. The summed E-state index contributed by atoms with van der Waals surface area (Å²) in [7, 11) is 0. The largest absolute Gasteiger partial charge is 0.345 e. The molecule has 1 atom stereocenters. The van der Waals surface area contributed by atoms with Crippen molar-refractivity contribution in [2.24, 2.45) is 5.92 Å². The Morgan fingerprint density at radius 3 is 2.33 bits per heavy atom. The molecule has 1 N–H and O–H groups in total. The summed E-state index contributed by atoms with van der Waals surface area (Å²) in [5.41, 5.74) is 2.00. The lowest BCUT2D eigenvalue weighted by Gasteiger charge is -2.36. The number of nitrogens with zero attached hydrogens (tertiary/aromatic N) is 4. The number of nitrogens with one attached hydrogen (secondary N) is 1. The smallest absolute Gasteiger partial charge is 0.289 e. The van der Waals surface area contributed by atoms with Gasteiger partial charge in [0.15, 0.2) is 5.82 Å². The first-order chi connectivity index (χ1) is 14.7. The van der Waals surface area contributed by atoms with Crippen LogP contribution in [-0.4, -0.2) is 38.0 Å². The molecule has 2 heterocycles. The molecule has 1 saturated carbocycles. The van der Waals surface area contributed by atoms with Gasteiger partial charge in [-0.3, -0.25) is 9.59 Å². The van der Waals surface area contributed by atoms with Crippen molar-refractivity contribution in [2.45, 2.75) is 32.0 Å². The summed E-state index contributed by atoms with van der Waals surface area (Å²) in [6.07, 6.45) is 1.91. The maximum Gasteiger partial charge on any atom is 0.289 e. The maximum absolute atomic E-state index is 12.9. The van der Waals surface area contributed by atoms with Crippen molar-refractivity contribution in [1.82, 2.24) is 25.0 Å². The lowest BCUT2D eigenvalue weighted by molar-refractivity contribution is -0.135. The van der Waals surface area contributed by atoms with Gasteiger partial charge in [0.2, 0.25) is 11.7 Å². The number of aromatic nitrogens is 3. The molecular formula is C23H23N5O2. The minimum Gasteiger partial charge on any atom is -0.345 e. The SMILES string of the molecule is O=C(NCc1ccccc1)c1nnc2n1CCN(C(=O)C1CC1)[C@@H]2c1ccccc1. The van der Waals surface area contributed by atoms with E-state index in [-0.39, 0.29) is 23.8 Å². The Labute approximate surface area is 174 Å². The van der Waals surface area contributed by atoms with Crippen molar-refractivity contribution in [3.05, 3.63) is 83.4 Å². The van der Waals surface area contributed by atoms with E-state index in [1.807, 2.05) is 70.1 Å². The van der Waals surface area contributed by atoms with E-state index in [0.29, 0.717) is 31.3 Å². The Balaban J connectivity index is 1.43. The number of hydrogen-bond acceptors (Lipinski definition) is 4. The van der Waals surface area contributed by atoms with Crippen LogP contribution in [0.1, 0.15) is 46.5 Å². The van der Waals surface area contributed by atoms with Crippen LogP contribution in [0.3, 0.4) is 0 Å². The summed E-state index contributed by atoms with van der Waals surface area (Å²) in [5.74, 6) is 0.977. The molecule has 0 radical (unpaired) electrons. The average Bonchev–Trinajstić information content (AvgIpc) is 3.56. The van der Waals surface area contributed by atoms with E-state index < -0.39 is 0 Å². The first-order valence-corrected chi connectivity index (χ1v) is 10.3. The van der Waals surface area contributed by atoms with Crippen molar-refractivity contribution in [3.8, 4) is 0 Å². The Kier molecular flexibility index (Phi) is 4.78. The van der Waals surface area contributed by atoms with Crippen molar-refractivity contribution in [1.29, 1.82) is 0 Å². The first kappa shape index (κ1) is 18.5. The molecule has 0 bridgehead atoms. The molecule has 0 saturated heterocycles. The summed E-state index contributed by atoms with van der Waals surface area (Å²) in [6.45, 7) is 1.48. The highest BCUT2D eigenvalue weighted by atomic mass is 16.2. The van der Waals surface area contributed by atoms with Gasteiger partial charge in [-0.05, 0) is 24.0 Å². The quantitative estimate of drug-likeness (QED) is 0.713. The standard InChI is InChI=1S/C23H23N5O2/c29-22(24-15-16-7-3-1-4-8-16)21-26-25-20-19(17-9-5-2-6-10-17)27(13-14-28(20)21)23(30)18-11-12-18/h1-10,18-19H,11-15H2,(H,24,29)/t19-/m1/s1. The number of benzene rings is 2. The van der Waals surface area contributed by atoms with Gasteiger partial charge in [-0.15, -0.1) is 10.2 Å². The zero-order valence-electron chi connectivity index (χ0n) is 16.6. The molecule has 30 heavy (non-hydrogen) atoms. The molecule has 3 aromatic rings. The molecule has 5 rings (SSSR count). The molecule has 2 amide bonds. The molecule has 1 aromatic heterocycles. The molecule has 0 spiro atoms. The van der Waals surface area contributed by atoms with Gasteiger partial charge in [-0.2, -0.15) is 0 Å². The lowest BCUT2D eigenvalue weighted by atomic mass is 10.0. The Hall–Kier alpha value is -3.48. The molecule has 1 aliphatic carbocycles. The highest BCUT2D eigenvalue weighted by molar-refractivity contribution is 5.90.